The van der Waals surface area contributed by atoms with Crippen LogP contribution in [-0.2, 0) is 5.75 Å². The molecule has 0 fully saturated rings. The van der Waals surface area contributed by atoms with Gasteiger partial charge in [0, 0.05) is 5.56 Å². The average molecular weight is 250 g/mol. The van der Waals surface area contributed by atoms with E-state index in [-0.39, 0.29) is 0 Å². The lowest BCUT2D eigenvalue weighted by Crippen LogP contribution is -2.15. The highest BCUT2D eigenvalue weighted by Gasteiger charge is 2.15. The molecule has 5 nitrogen and oxygen atoms in total. The number of hydrogen-bond donors (Lipinski definition) is 1. The van der Waals surface area contributed by atoms with Gasteiger partial charge in [0.25, 0.3) is 0 Å². The molecule has 0 spiro atoms. The number of hydrogen-bond acceptors (Lipinski definition) is 6. The summed E-state index contributed by atoms with van der Waals surface area (Å²) < 4.78 is 16.3. The third kappa shape index (κ3) is 1.95. The zero-order valence-corrected chi connectivity index (χ0v) is 9.81. The lowest BCUT2D eigenvalue weighted by molar-refractivity contribution is 0.171. The Labute approximate surface area is 103 Å². The van der Waals surface area contributed by atoms with E-state index >= 15 is 0 Å². The topological polar surface area (TPSA) is 57.4 Å². The molecule has 88 valence electrons. The van der Waals surface area contributed by atoms with E-state index in [1.54, 1.807) is 0 Å². The van der Waals surface area contributed by atoms with E-state index in [9.17, 15) is 0 Å². The van der Waals surface area contributed by atoms with Crippen molar-refractivity contribution in [3.05, 3.63) is 24.1 Å². The first kappa shape index (κ1) is 10.5. The zero-order chi connectivity index (χ0) is 11.7. The summed E-state index contributed by atoms with van der Waals surface area (Å²) in [7, 11) is 0. The Bertz CT molecular complexity index is 541. The minimum atomic E-state index is 0.428. The molecule has 0 amide bonds. The van der Waals surface area contributed by atoms with Crippen molar-refractivity contribution >= 4 is 12.6 Å². The summed E-state index contributed by atoms with van der Waals surface area (Å²) in [6, 6.07) is 5.54. The number of nitrogens with zero attached hydrogens (tertiary/aromatic N) is 2. The Balaban J connectivity index is 1.97. The van der Waals surface area contributed by atoms with Crippen molar-refractivity contribution in [3.63, 3.8) is 0 Å². The fourth-order valence-electron chi connectivity index (χ4n) is 1.61. The molecule has 0 saturated carbocycles. The molecule has 2 heterocycles. The molecule has 0 N–H and O–H groups in total. The molecule has 17 heavy (non-hydrogen) atoms. The van der Waals surface area contributed by atoms with E-state index in [1.807, 2.05) is 18.2 Å². The molecular formula is C11H10N2O3S. The standard InChI is InChI=1S/C11H10N2O3S/c17-6-10-12-13-11(16-10)7-1-2-8-9(5-7)15-4-3-14-8/h1-2,5,17H,3-4,6H2. The Morgan fingerprint density at radius 3 is 2.71 bits per heavy atom. The van der Waals surface area contributed by atoms with Crippen molar-refractivity contribution in [2.45, 2.75) is 5.75 Å². The summed E-state index contributed by atoms with van der Waals surface area (Å²) in [6.07, 6.45) is 0. The molecule has 0 radical (unpaired) electrons. The van der Waals surface area contributed by atoms with E-state index in [0.717, 1.165) is 11.3 Å². The summed E-state index contributed by atoms with van der Waals surface area (Å²) in [5, 5.41) is 7.80. The minimum Gasteiger partial charge on any atom is -0.486 e. The number of ether oxygens (including phenoxy) is 2. The second-order valence-electron chi connectivity index (χ2n) is 3.52. The Morgan fingerprint density at radius 2 is 1.94 bits per heavy atom. The number of benzene rings is 1. The zero-order valence-electron chi connectivity index (χ0n) is 8.92. The first-order valence-corrected chi connectivity index (χ1v) is 5.83. The van der Waals surface area contributed by atoms with Gasteiger partial charge in [-0.2, -0.15) is 12.6 Å². The average Bonchev–Trinajstić information content (AvgIpc) is 2.87. The van der Waals surface area contributed by atoms with Gasteiger partial charge in [0.2, 0.25) is 11.8 Å². The van der Waals surface area contributed by atoms with E-state index in [4.69, 9.17) is 13.9 Å². The van der Waals surface area contributed by atoms with Crippen molar-refractivity contribution in [2.24, 2.45) is 0 Å². The van der Waals surface area contributed by atoms with E-state index in [0.29, 0.717) is 36.5 Å². The molecule has 1 aliphatic heterocycles. The molecule has 1 aliphatic rings. The molecular weight excluding hydrogens is 240 g/mol. The van der Waals surface area contributed by atoms with Gasteiger partial charge in [-0.15, -0.1) is 10.2 Å². The van der Waals surface area contributed by atoms with Crippen LogP contribution >= 0.6 is 12.6 Å². The summed E-state index contributed by atoms with van der Waals surface area (Å²) in [5.41, 5.74) is 0.815. The second-order valence-corrected chi connectivity index (χ2v) is 3.83. The fraction of sp³-hybridized carbons (Fsp3) is 0.273. The van der Waals surface area contributed by atoms with Crippen LogP contribution in [0, 0.1) is 0 Å². The summed E-state index contributed by atoms with van der Waals surface area (Å²) >= 11 is 4.07. The van der Waals surface area contributed by atoms with Crippen molar-refractivity contribution in [1.29, 1.82) is 0 Å². The molecule has 0 atom stereocenters. The van der Waals surface area contributed by atoms with Crippen molar-refractivity contribution < 1.29 is 13.9 Å². The predicted molar refractivity (Wildman–Crippen MR) is 63.4 cm³/mol. The van der Waals surface area contributed by atoms with Gasteiger partial charge in [-0.05, 0) is 18.2 Å². The maximum absolute atomic E-state index is 5.49. The maximum Gasteiger partial charge on any atom is 0.247 e. The van der Waals surface area contributed by atoms with E-state index in [2.05, 4.69) is 22.8 Å². The molecule has 0 bridgehead atoms. The number of aromatic nitrogens is 2. The van der Waals surface area contributed by atoms with Crippen LogP contribution in [0.15, 0.2) is 22.6 Å². The Hall–Kier alpha value is -1.69. The van der Waals surface area contributed by atoms with E-state index in [1.165, 1.54) is 0 Å². The van der Waals surface area contributed by atoms with Crippen molar-refractivity contribution in [3.8, 4) is 23.0 Å². The van der Waals surface area contributed by atoms with Crippen molar-refractivity contribution in [2.75, 3.05) is 13.2 Å². The van der Waals surface area contributed by atoms with Crippen LogP contribution in [-0.4, -0.2) is 23.4 Å². The number of rotatable bonds is 2. The van der Waals surface area contributed by atoms with Gasteiger partial charge in [-0.3, -0.25) is 0 Å². The third-order valence-corrected chi connectivity index (χ3v) is 2.66. The highest BCUT2D eigenvalue weighted by molar-refractivity contribution is 7.79. The second kappa shape index (κ2) is 4.29. The van der Waals surface area contributed by atoms with Crippen LogP contribution in [0.2, 0.25) is 0 Å². The minimum absolute atomic E-state index is 0.428. The number of thiol groups is 1. The first-order chi connectivity index (χ1) is 8.36. The van der Waals surface area contributed by atoms with Gasteiger partial charge in [0.05, 0.1) is 5.75 Å². The molecule has 6 heteroatoms. The predicted octanol–water partition coefficient (Wildman–Crippen LogP) is 1.94. The van der Waals surface area contributed by atoms with Crippen LogP contribution in [0.3, 0.4) is 0 Å². The fourth-order valence-corrected chi connectivity index (χ4v) is 1.74. The van der Waals surface area contributed by atoms with E-state index < -0.39 is 0 Å². The maximum atomic E-state index is 5.49. The quantitative estimate of drug-likeness (QED) is 0.825. The van der Waals surface area contributed by atoms with Gasteiger partial charge >= 0.3 is 0 Å². The van der Waals surface area contributed by atoms with Crippen LogP contribution < -0.4 is 9.47 Å². The van der Waals surface area contributed by atoms with Gasteiger partial charge in [0.15, 0.2) is 11.5 Å². The van der Waals surface area contributed by atoms with Gasteiger partial charge in [0.1, 0.15) is 13.2 Å². The highest BCUT2D eigenvalue weighted by atomic mass is 32.1. The molecule has 1 aromatic heterocycles. The highest BCUT2D eigenvalue weighted by Crippen LogP contribution is 2.34. The molecule has 0 saturated heterocycles. The molecule has 0 aliphatic carbocycles. The SMILES string of the molecule is SCc1nnc(-c2ccc3c(c2)OCCO3)o1. The van der Waals surface area contributed by atoms with Crippen LogP contribution in [0.25, 0.3) is 11.5 Å². The molecule has 0 unspecified atom stereocenters. The van der Waals surface area contributed by atoms with Crippen LogP contribution in [0.4, 0.5) is 0 Å². The van der Waals surface area contributed by atoms with Crippen LogP contribution in [0.1, 0.15) is 5.89 Å². The summed E-state index contributed by atoms with van der Waals surface area (Å²) in [6.45, 7) is 1.14. The largest absolute Gasteiger partial charge is 0.486 e. The third-order valence-electron chi connectivity index (χ3n) is 2.39. The normalized spacial score (nSPS) is 13.7. The Morgan fingerprint density at radius 1 is 1.12 bits per heavy atom. The molecule has 1 aromatic carbocycles. The first-order valence-electron chi connectivity index (χ1n) is 5.20. The van der Waals surface area contributed by atoms with Crippen molar-refractivity contribution in [1.82, 2.24) is 10.2 Å². The summed E-state index contributed by atoms with van der Waals surface area (Å²) in [5.74, 6) is 2.84. The lowest BCUT2D eigenvalue weighted by Gasteiger charge is -2.18. The summed E-state index contributed by atoms with van der Waals surface area (Å²) in [4.78, 5) is 0. The Kier molecular flexibility index (Phi) is 2.64. The van der Waals surface area contributed by atoms with Gasteiger partial charge in [-0.1, -0.05) is 0 Å². The lowest BCUT2D eigenvalue weighted by atomic mass is 10.2. The van der Waals surface area contributed by atoms with Gasteiger partial charge < -0.3 is 13.9 Å². The molecule has 2 aromatic rings. The number of fused-ring (bicyclic) bond motifs is 1. The molecule has 3 rings (SSSR count). The smallest absolute Gasteiger partial charge is 0.247 e. The van der Waals surface area contributed by atoms with Crippen LogP contribution in [0.5, 0.6) is 11.5 Å². The van der Waals surface area contributed by atoms with Gasteiger partial charge in [-0.25, -0.2) is 0 Å². The monoisotopic (exact) mass is 250 g/mol.